The number of anilines is 3. The number of aryl methyl sites for hydroxylation is 1. The molecule has 0 unspecified atom stereocenters. The molecule has 70 heavy (non-hydrogen) atoms. The molecule has 0 saturated heterocycles. The Kier molecular flexibility index (Phi) is 15.4. The fourth-order valence-corrected chi connectivity index (χ4v) is 8.78. The molecule has 0 spiro atoms. The number of nitrogen functional groups attached to an aromatic ring is 2. The van der Waals surface area contributed by atoms with E-state index in [1.54, 1.807) is 0 Å². The Hall–Kier alpha value is -8.94. The van der Waals surface area contributed by atoms with Crippen molar-refractivity contribution in [1.29, 1.82) is 5.41 Å². The molecular formula is C63H59N7. The van der Waals surface area contributed by atoms with E-state index in [2.05, 4.69) is 160 Å². The van der Waals surface area contributed by atoms with Crippen LogP contribution in [0, 0.1) is 12.3 Å². The number of hydrogen-bond donors (Lipinski definition) is 3. The molecule has 5 N–H and O–H groups in total. The number of para-hydroxylation sites is 3. The molecule has 9 aromatic carbocycles. The predicted octanol–water partition coefficient (Wildman–Crippen LogP) is 15.5. The van der Waals surface area contributed by atoms with Crippen LogP contribution in [0.15, 0.2) is 242 Å². The Morgan fingerprint density at radius 3 is 1.63 bits per heavy atom. The molecule has 0 aliphatic carbocycles. The number of amidine groups is 1. The van der Waals surface area contributed by atoms with Gasteiger partial charge in [-0.3, -0.25) is 15.0 Å². The lowest BCUT2D eigenvalue weighted by molar-refractivity contribution is 0.977. The van der Waals surface area contributed by atoms with Gasteiger partial charge < -0.3 is 20.9 Å². The standard InChI is InChI=1S/C46H36N6.C8H9N.C7H8.C2H6/c47-45(48)34-25-33(32-17-7-2-8-18-32)26-37(27-34)51-41-24-14-13-23-38(41)39-28-40-43(29-42(39)51)52(36-21-11-4-12-22-36)46(49)44(40)50(35-19-9-3-10-20-35)30-31-15-5-1-6-16-31;1-9-7-8-5-3-2-4-6-8;1-7-5-3-2-4-6-7;1-2/h1-29H,30,49H2,(H3,47,48);2-6H,1,7H2;2-6H,1H3;1-2H3. The summed E-state index contributed by atoms with van der Waals surface area (Å²) in [6, 6.07) is 81.2. The van der Waals surface area contributed by atoms with Gasteiger partial charge in [0.15, 0.2) is 0 Å². The minimum atomic E-state index is 0.0250. The first kappa shape index (κ1) is 47.5. The second kappa shape index (κ2) is 22.7. The zero-order chi connectivity index (χ0) is 48.8. The third-order valence-corrected chi connectivity index (χ3v) is 12.0. The van der Waals surface area contributed by atoms with Crippen LogP contribution in [-0.4, -0.2) is 21.7 Å². The number of rotatable bonds is 10. The maximum Gasteiger partial charge on any atom is 0.133 e. The third kappa shape index (κ3) is 10.6. The topological polar surface area (TPSA) is 101 Å². The Labute approximate surface area is 411 Å². The second-order valence-electron chi connectivity index (χ2n) is 16.6. The molecule has 11 rings (SSSR count). The zero-order valence-electron chi connectivity index (χ0n) is 40.1. The molecular weight excluding hydrogens is 855 g/mol. The van der Waals surface area contributed by atoms with Gasteiger partial charge in [0, 0.05) is 45.3 Å². The lowest BCUT2D eigenvalue weighted by atomic mass is 10.0. The number of nitrogens with two attached hydrogens (primary N) is 2. The Morgan fingerprint density at radius 2 is 1.04 bits per heavy atom. The SMILES string of the molecule is C=NCc1ccccc1.CC.Cc1ccccc1.N=C(N)c1cc(-c2ccccc2)cc(-n2c3ccccc3c3cc4c(N(Cc5ccccc5)c5ccccc5)c(N)n(-c5ccccc5)c4cc32)c1. The molecule has 0 amide bonds. The second-order valence-corrected chi connectivity index (χ2v) is 16.6. The first-order valence-electron chi connectivity index (χ1n) is 23.7. The molecule has 0 saturated carbocycles. The summed E-state index contributed by atoms with van der Waals surface area (Å²) in [7, 11) is 0. The van der Waals surface area contributed by atoms with E-state index in [1.807, 2.05) is 123 Å². The van der Waals surface area contributed by atoms with Gasteiger partial charge in [0.2, 0.25) is 0 Å². The highest BCUT2D eigenvalue weighted by atomic mass is 15.2. The molecule has 2 aromatic heterocycles. The zero-order valence-corrected chi connectivity index (χ0v) is 40.1. The summed E-state index contributed by atoms with van der Waals surface area (Å²) in [6.45, 7) is 10.9. The fourth-order valence-electron chi connectivity index (χ4n) is 8.78. The molecule has 346 valence electrons. The summed E-state index contributed by atoms with van der Waals surface area (Å²) in [4.78, 5) is 6.09. The van der Waals surface area contributed by atoms with Crippen molar-refractivity contribution in [3.8, 4) is 22.5 Å². The van der Waals surface area contributed by atoms with E-state index in [0.717, 1.165) is 73.1 Å². The molecule has 0 radical (unpaired) electrons. The largest absolute Gasteiger partial charge is 0.384 e. The van der Waals surface area contributed by atoms with Crippen LogP contribution in [-0.2, 0) is 13.1 Å². The summed E-state index contributed by atoms with van der Waals surface area (Å²) in [5, 5.41) is 11.7. The first-order chi connectivity index (χ1) is 34.4. The maximum absolute atomic E-state index is 8.44. The maximum atomic E-state index is 8.44. The molecule has 0 aliphatic rings. The van der Waals surface area contributed by atoms with Crippen molar-refractivity contribution >= 4 is 62.5 Å². The van der Waals surface area contributed by atoms with Crippen LogP contribution in [0.1, 0.15) is 36.1 Å². The number of aliphatic imine (C=N–C) groups is 1. The first-order valence-corrected chi connectivity index (χ1v) is 23.7. The van der Waals surface area contributed by atoms with E-state index < -0.39 is 0 Å². The van der Waals surface area contributed by atoms with Gasteiger partial charge in [-0.15, -0.1) is 0 Å². The number of fused-ring (bicyclic) bond motifs is 4. The lowest BCUT2D eigenvalue weighted by Crippen LogP contribution is -2.18. The van der Waals surface area contributed by atoms with Crippen LogP contribution in [0.4, 0.5) is 17.2 Å². The Bertz CT molecular complexity index is 3440. The van der Waals surface area contributed by atoms with Crippen LogP contribution >= 0.6 is 0 Å². The number of benzene rings is 9. The highest BCUT2D eigenvalue weighted by Gasteiger charge is 2.25. The Morgan fingerprint density at radius 1 is 0.514 bits per heavy atom. The molecule has 0 aliphatic heterocycles. The average Bonchev–Trinajstić information content (AvgIpc) is 3.89. The van der Waals surface area contributed by atoms with Crippen LogP contribution in [0.25, 0.3) is 55.2 Å². The lowest BCUT2D eigenvalue weighted by Gasteiger charge is -2.26. The molecule has 7 nitrogen and oxygen atoms in total. The normalized spacial score (nSPS) is 10.6. The molecule has 11 aromatic rings. The molecule has 0 bridgehead atoms. The van der Waals surface area contributed by atoms with Crippen molar-refractivity contribution in [3.63, 3.8) is 0 Å². The van der Waals surface area contributed by atoms with Crippen LogP contribution in [0.5, 0.6) is 0 Å². The quantitative estimate of drug-likeness (QED) is 0.0941. The van der Waals surface area contributed by atoms with Crippen LogP contribution in [0.2, 0.25) is 0 Å². The van der Waals surface area contributed by atoms with Crippen molar-refractivity contribution in [1.82, 2.24) is 9.13 Å². The van der Waals surface area contributed by atoms with Gasteiger partial charge >= 0.3 is 0 Å². The third-order valence-electron chi connectivity index (χ3n) is 12.0. The minimum absolute atomic E-state index is 0.0250. The van der Waals surface area contributed by atoms with E-state index in [0.29, 0.717) is 17.9 Å². The van der Waals surface area contributed by atoms with Crippen molar-refractivity contribution in [2.24, 2.45) is 10.7 Å². The highest BCUT2D eigenvalue weighted by molar-refractivity contribution is 6.17. The average molecular weight is 914 g/mol. The number of hydrogen-bond acceptors (Lipinski definition) is 4. The molecule has 7 heteroatoms. The van der Waals surface area contributed by atoms with Crippen LogP contribution in [0.3, 0.4) is 0 Å². The summed E-state index contributed by atoms with van der Waals surface area (Å²) < 4.78 is 4.47. The van der Waals surface area contributed by atoms with Gasteiger partial charge in [-0.25, -0.2) is 0 Å². The van der Waals surface area contributed by atoms with E-state index in [1.165, 1.54) is 16.7 Å². The number of nitrogens with zero attached hydrogens (tertiary/aromatic N) is 4. The van der Waals surface area contributed by atoms with Gasteiger partial charge in [-0.05, 0) is 96.6 Å². The van der Waals surface area contributed by atoms with Crippen molar-refractivity contribution in [2.45, 2.75) is 33.9 Å². The fraction of sp³-hybridized carbons (Fsp3) is 0.0794. The van der Waals surface area contributed by atoms with E-state index >= 15 is 0 Å². The minimum Gasteiger partial charge on any atom is -0.384 e. The highest BCUT2D eigenvalue weighted by Crippen LogP contribution is 2.46. The van der Waals surface area contributed by atoms with Crippen LogP contribution < -0.4 is 16.4 Å². The van der Waals surface area contributed by atoms with E-state index in [-0.39, 0.29) is 5.84 Å². The summed E-state index contributed by atoms with van der Waals surface area (Å²) >= 11 is 0. The molecule has 2 heterocycles. The molecule has 0 atom stereocenters. The van der Waals surface area contributed by atoms with E-state index in [4.69, 9.17) is 16.9 Å². The number of nitrogens with one attached hydrogen (secondary N) is 1. The predicted molar refractivity (Wildman–Crippen MR) is 299 cm³/mol. The van der Waals surface area contributed by atoms with Gasteiger partial charge in [-0.1, -0.05) is 195 Å². The number of aromatic nitrogens is 2. The van der Waals surface area contributed by atoms with Gasteiger partial charge in [0.1, 0.15) is 11.7 Å². The summed E-state index contributed by atoms with van der Waals surface area (Å²) in [5.41, 5.74) is 27.0. The van der Waals surface area contributed by atoms with Gasteiger partial charge in [-0.2, -0.15) is 0 Å². The van der Waals surface area contributed by atoms with Gasteiger partial charge in [0.25, 0.3) is 0 Å². The monoisotopic (exact) mass is 913 g/mol. The summed E-state index contributed by atoms with van der Waals surface area (Å²) in [5.74, 6) is 0.686. The van der Waals surface area contributed by atoms with E-state index in [9.17, 15) is 0 Å². The van der Waals surface area contributed by atoms with Crippen molar-refractivity contribution < 1.29 is 0 Å². The van der Waals surface area contributed by atoms with Gasteiger partial charge in [0.05, 0.1) is 28.8 Å². The molecule has 0 fully saturated rings. The summed E-state index contributed by atoms with van der Waals surface area (Å²) in [6.07, 6.45) is 0. The smallest absolute Gasteiger partial charge is 0.133 e. The Balaban J connectivity index is 0.000000309. The van der Waals surface area contributed by atoms with Crippen molar-refractivity contribution in [3.05, 3.63) is 259 Å². The van der Waals surface area contributed by atoms with Crippen molar-refractivity contribution in [2.75, 3.05) is 10.6 Å².